The van der Waals surface area contributed by atoms with Crippen LogP contribution in [-0.4, -0.2) is 35.4 Å². The number of amides is 1. The molecule has 0 atom stereocenters. The summed E-state index contributed by atoms with van der Waals surface area (Å²) in [6, 6.07) is 10.1. The van der Waals surface area contributed by atoms with Crippen LogP contribution in [0, 0.1) is 0 Å². The van der Waals surface area contributed by atoms with Crippen molar-refractivity contribution in [2.75, 3.05) is 19.6 Å². The minimum atomic E-state index is 0.179. The number of benzene rings is 1. The van der Waals surface area contributed by atoms with Crippen LogP contribution >= 0.6 is 0 Å². The molecule has 0 unspecified atom stereocenters. The quantitative estimate of drug-likeness (QED) is 0.885. The van der Waals surface area contributed by atoms with Crippen molar-refractivity contribution in [2.24, 2.45) is 0 Å². The van der Waals surface area contributed by atoms with Gasteiger partial charge in [0.15, 0.2) is 0 Å². The fourth-order valence-corrected chi connectivity index (χ4v) is 2.49. The molecule has 3 rings (SSSR count). The molecule has 1 amide bonds. The van der Waals surface area contributed by atoms with Gasteiger partial charge in [-0.15, -0.1) is 0 Å². The van der Waals surface area contributed by atoms with E-state index in [-0.39, 0.29) is 5.91 Å². The maximum absolute atomic E-state index is 12.0. The molecule has 1 aromatic heterocycles. The Labute approximate surface area is 112 Å². The molecule has 0 aliphatic carbocycles. The maximum atomic E-state index is 12.0. The van der Waals surface area contributed by atoms with E-state index in [9.17, 15) is 4.79 Å². The van der Waals surface area contributed by atoms with Gasteiger partial charge in [0, 0.05) is 24.7 Å². The molecular formula is C15H17N3O. The average molecular weight is 255 g/mol. The fourth-order valence-electron chi connectivity index (χ4n) is 2.49. The Morgan fingerprint density at radius 2 is 2.16 bits per heavy atom. The predicted molar refractivity (Wildman–Crippen MR) is 74.6 cm³/mol. The Morgan fingerprint density at radius 3 is 3.11 bits per heavy atom. The highest BCUT2D eigenvalue weighted by atomic mass is 16.2. The fraction of sp³-hybridized carbons (Fsp3) is 0.333. The molecule has 0 saturated carbocycles. The maximum Gasteiger partial charge on any atom is 0.236 e. The van der Waals surface area contributed by atoms with Crippen LogP contribution in [0.4, 0.5) is 0 Å². The first-order valence-corrected chi connectivity index (χ1v) is 6.66. The van der Waals surface area contributed by atoms with Crippen LogP contribution < -0.4 is 5.32 Å². The van der Waals surface area contributed by atoms with Gasteiger partial charge in [-0.05, 0) is 30.7 Å². The first-order chi connectivity index (χ1) is 9.34. The Kier molecular flexibility index (Phi) is 3.42. The lowest BCUT2D eigenvalue weighted by atomic mass is 10.1. The summed E-state index contributed by atoms with van der Waals surface area (Å²) < 4.78 is 0. The second-order valence-electron chi connectivity index (χ2n) is 4.83. The summed E-state index contributed by atoms with van der Waals surface area (Å²) in [5.74, 6) is 0.179. The summed E-state index contributed by atoms with van der Waals surface area (Å²) in [7, 11) is 0. The minimum Gasteiger partial charge on any atom is -0.337 e. The van der Waals surface area contributed by atoms with Crippen LogP contribution in [-0.2, 0) is 11.3 Å². The average Bonchev–Trinajstić information content (AvgIpc) is 2.65. The number of carbonyl (C=O) groups is 1. The minimum absolute atomic E-state index is 0.179. The van der Waals surface area contributed by atoms with Crippen LogP contribution in [0.1, 0.15) is 12.0 Å². The van der Waals surface area contributed by atoms with Crippen molar-refractivity contribution < 1.29 is 4.79 Å². The summed E-state index contributed by atoms with van der Waals surface area (Å²) in [5.41, 5.74) is 2.15. The molecule has 1 aromatic carbocycles. The molecule has 1 aliphatic heterocycles. The van der Waals surface area contributed by atoms with E-state index in [0.717, 1.165) is 30.4 Å². The molecule has 0 spiro atoms. The highest BCUT2D eigenvalue weighted by Crippen LogP contribution is 2.18. The second kappa shape index (κ2) is 5.36. The van der Waals surface area contributed by atoms with E-state index in [1.807, 2.05) is 35.4 Å². The monoisotopic (exact) mass is 255 g/mol. The van der Waals surface area contributed by atoms with Gasteiger partial charge >= 0.3 is 0 Å². The van der Waals surface area contributed by atoms with Crippen LogP contribution in [0.15, 0.2) is 36.5 Å². The number of nitrogens with one attached hydrogen (secondary N) is 1. The van der Waals surface area contributed by atoms with Gasteiger partial charge in [0.2, 0.25) is 5.91 Å². The molecule has 2 heterocycles. The van der Waals surface area contributed by atoms with Crippen molar-refractivity contribution in [1.82, 2.24) is 15.2 Å². The number of fused-ring (bicyclic) bond motifs is 1. The van der Waals surface area contributed by atoms with Crippen LogP contribution in [0.25, 0.3) is 10.9 Å². The lowest BCUT2D eigenvalue weighted by Crippen LogP contribution is -2.34. The molecule has 4 nitrogen and oxygen atoms in total. The zero-order valence-corrected chi connectivity index (χ0v) is 10.8. The van der Waals surface area contributed by atoms with Crippen molar-refractivity contribution in [2.45, 2.75) is 13.0 Å². The summed E-state index contributed by atoms with van der Waals surface area (Å²) in [4.78, 5) is 18.3. The van der Waals surface area contributed by atoms with Gasteiger partial charge in [-0.3, -0.25) is 9.78 Å². The molecule has 0 radical (unpaired) electrons. The van der Waals surface area contributed by atoms with Crippen molar-refractivity contribution in [3.63, 3.8) is 0 Å². The Hall–Kier alpha value is -1.94. The lowest BCUT2D eigenvalue weighted by Gasteiger charge is -2.21. The normalized spacial score (nSPS) is 16.6. The first kappa shape index (κ1) is 12.1. The van der Waals surface area contributed by atoms with Crippen molar-refractivity contribution in [1.29, 1.82) is 0 Å². The lowest BCUT2D eigenvalue weighted by molar-refractivity contribution is -0.130. The number of aromatic nitrogens is 1. The molecule has 2 aromatic rings. The van der Waals surface area contributed by atoms with Gasteiger partial charge in [0.1, 0.15) is 0 Å². The first-order valence-electron chi connectivity index (χ1n) is 6.66. The van der Waals surface area contributed by atoms with E-state index in [1.165, 1.54) is 5.56 Å². The van der Waals surface area contributed by atoms with E-state index in [0.29, 0.717) is 13.1 Å². The van der Waals surface area contributed by atoms with E-state index >= 15 is 0 Å². The smallest absolute Gasteiger partial charge is 0.236 e. The number of hydrogen-bond donors (Lipinski definition) is 1. The summed E-state index contributed by atoms with van der Waals surface area (Å²) >= 11 is 0. The molecule has 19 heavy (non-hydrogen) atoms. The Morgan fingerprint density at radius 1 is 1.26 bits per heavy atom. The van der Waals surface area contributed by atoms with Gasteiger partial charge in [-0.1, -0.05) is 18.2 Å². The van der Waals surface area contributed by atoms with Crippen molar-refractivity contribution >= 4 is 16.8 Å². The SMILES string of the molecule is O=C1CNCCCN1Cc1ccnc2ccccc12. The van der Waals surface area contributed by atoms with Gasteiger partial charge in [0.25, 0.3) is 0 Å². The van der Waals surface area contributed by atoms with Gasteiger partial charge in [-0.2, -0.15) is 0 Å². The zero-order chi connectivity index (χ0) is 13.1. The number of para-hydroxylation sites is 1. The third kappa shape index (κ3) is 2.58. The molecular weight excluding hydrogens is 238 g/mol. The third-order valence-electron chi connectivity index (χ3n) is 3.51. The van der Waals surface area contributed by atoms with Gasteiger partial charge in [-0.25, -0.2) is 0 Å². The Balaban J connectivity index is 1.90. The highest BCUT2D eigenvalue weighted by Gasteiger charge is 2.17. The van der Waals surface area contributed by atoms with Crippen LogP contribution in [0.2, 0.25) is 0 Å². The molecule has 98 valence electrons. The van der Waals surface area contributed by atoms with Crippen LogP contribution in [0.3, 0.4) is 0 Å². The number of hydrogen-bond acceptors (Lipinski definition) is 3. The summed E-state index contributed by atoms with van der Waals surface area (Å²) in [6.45, 7) is 2.86. The van der Waals surface area contributed by atoms with E-state index in [1.54, 1.807) is 0 Å². The zero-order valence-electron chi connectivity index (χ0n) is 10.8. The standard InChI is InChI=1S/C15H17N3O/c19-15-10-16-7-3-9-18(15)11-12-6-8-17-14-5-2-1-4-13(12)14/h1-2,4-6,8,16H,3,7,9-11H2. The molecule has 1 N–H and O–H groups in total. The number of rotatable bonds is 2. The van der Waals surface area contributed by atoms with Crippen molar-refractivity contribution in [3.8, 4) is 0 Å². The molecule has 1 aliphatic rings. The third-order valence-corrected chi connectivity index (χ3v) is 3.51. The van der Waals surface area contributed by atoms with Gasteiger partial charge < -0.3 is 10.2 Å². The van der Waals surface area contributed by atoms with E-state index in [4.69, 9.17) is 0 Å². The topological polar surface area (TPSA) is 45.2 Å². The van der Waals surface area contributed by atoms with Crippen LogP contribution in [0.5, 0.6) is 0 Å². The second-order valence-corrected chi connectivity index (χ2v) is 4.83. The highest BCUT2D eigenvalue weighted by molar-refractivity contribution is 5.83. The molecule has 1 fully saturated rings. The molecule has 0 bridgehead atoms. The van der Waals surface area contributed by atoms with Gasteiger partial charge in [0.05, 0.1) is 12.1 Å². The number of nitrogens with zero attached hydrogens (tertiary/aromatic N) is 2. The van der Waals surface area contributed by atoms with Crippen molar-refractivity contribution in [3.05, 3.63) is 42.1 Å². The number of pyridine rings is 1. The van der Waals surface area contributed by atoms with E-state index < -0.39 is 0 Å². The predicted octanol–water partition coefficient (Wildman–Crippen LogP) is 1.56. The Bertz CT molecular complexity index is 591. The van der Waals surface area contributed by atoms with E-state index in [2.05, 4.69) is 16.4 Å². The molecule has 4 heteroatoms. The largest absolute Gasteiger partial charge is 0.337 e. The summed E-state index contributed by atoms with van der Waals surface area (Å²) in [6.07, 6.45) is 2.83. The molecule has 1 saturated heterocycles. The summed E-state index contributed by atoms with van der Waals surface area (Å²) in [5, 5.41) is 4.28. The number of carbonyl (C=O) groups excluding carboxylic acids is 1.